The molecule has 11 heteroatoms. The van der Waals surface area contributed by atoms with E-state index in [1.807, 2.05) is 60.7 Å². The molecule has 1 N–H and O–H groups in total. The monoisotopic (exact) mass is 668 g/mol. The van der Waals surface area contributed by atoms with Gasteiger partial charge in [0, 0.05) is 16.5 Å². The molecule has 0 aliphatic carbocycles. The number of rotatable bonds is 11. The highest BCUT2D eigenvalue weighted by Gasteiger charge is 2.70. The van der Waals surface area contributed by atoms with Gasteiger partial charge in [0.1, 0.15) is 11.9 Å². The summed E-state index contributed by atoms with van der Waals surface area (Å²) in [6.07, 6.45) is -6.24. The fourth-order valence-corrected chi connectivity index (χ4v) is 6.36. The van der Waals surface area contributed by atoms with Crippen molar-refractivity contribution < 1.29 is 46.8 Å². The molecule has 0 radical (unpaired) electrons. The maximum Gasteiger partial charge on any atom is 0.573 e. The lowest BCUT2D eigenvalue weighted by Crippen LogP contribution is -2.64. The molecule has 5 atom stereocenters. The van der Waals surface area contributed by atoms with Gasteiger partial charge in [-0.3, -0.25) is 0 Å². The fourth-order valence-electron chi connectivity index (χ4n) is 6.18. The summed E-state index contributed by atoms with van der Waals surface area (Å²) in [6, 6.07) is 29.7. The molecule has 2 aliphatic rings. The highest BCUT2D eigenvalue weighted by Crippen LogP contribution is 2.54. The molecule has 7 nitrogen and oxygen atoms in total. The minimum atomic E-state index is -4.80. The van der Waals surface area contributed by atoms with E-state index in [4.69, 9.17) is 30.5 Å². The minimum absolute atomic E-state index is 0.171. The van der Waals surface area contributed by atoms with Crippen LogP contribution < -0.4 is 4.74 Å². The SMILES string of the molecule is C[C@H]1[C@H](OCc2ccccc2)[C@@H](OCc2ccccc2)[C@@]2(c3ccc(Cl)c(Cc4ccc(OC(F)(F)F)cc4)c3)OC[C@]1(C(=O)O)O2. The fraction of sp³-hybridized carbons (Fsp3) is 0.306. The molecule has 0 spiro atoms. The Hall–Kier alpha value is -3.93. The average molecular weight is 669 g/mol. The molecule has 4 aromatic carbocycles. The van der Waals surface area contributed by atoms with Gasteiger partial charge >= 0.3 is 12.3 Å². The minimum Gasteiger partial charge on any atom is -0.479 e. The van der Waals surface area contributed by atoms with E-state index in [-0.39, 0.29) is 32.0 Å². The number of fused-ring (bicyclic) bond motifs is 2. The summed E-state index contributed by atoms with van der Waals surface area (Å²) >= 11 is 6.62. The van der Waals surface area contributed by atoms with Crippen molar-refractivity contribution in [1.29, 1.82) is 0 Å². The van der Waals surface area contributed by atoms with Crippen LogP contribution in [-0.2, 0) is 49.2 Å². The van der Waals surface area contributed by atoms with Gasteiger partial charge in [0.15, 0.2) is 5.60 Å². The first-order valence-corrected chi connectivity index (χ1v) is 15.4. The predicted octanol–water partition coefficient (Wildman–Crippen LogP) is 7.67. The number of hydrogen-bond acceptors (Lipinski definition) is 6. The zero-order chi connectivity index (χ0) is 33.2. The van der Waals surface area contributed by atoms with E-state index < -0.39 is 41.8 Å². The molecule has 47 heavy (non-hydrogen) atoms. The summed E-state index contributed by atoms with van der Waals surface area (Å²) in [5.41, 5.74) is 1.81. The summed E-state index contributed by atoms with van der Waals surface area (Å²) in [7, 11) is 0. The smallest absolute Gasteiger partial charge is 0.479 e. The second kappa shape index (κ2) is 13.3. The maximum atomic E-state index is 12.9. The third kappa shape index (κ3) is 6.88. The molecule has 0 amide bonds. The van der Waals surface area contributed by atoms with Crippen LogP contribution in [0.25, 0.3) is 0 Å². The lowest BCUT2D eigenvalue weighted by Gasteiger charge is -2.49. The second-order valence-corrected chi connectivity index (χ2v) is 12.1. The van der Waals surface area contributed by atoms with Crippen molar-refractivity contribution in [1.82, 2.24) is 0 Å². The Kier molecular flexibility index (Phi) is 9.33. The van der Waals surface area contributed by atoms with E-state index in [1.54, 1.807) is 25.1 Å². The molecule has 6 rings (SSSR count). The molecule has 0 aromatic heterocycles. The van der Waals surface area contributed by atoms with Crippen LogP contribution in [0, 0.1) is 5.92 Å². The zero-order valence-corrected chi connectivity index (χ0v) is 26.0. The summed E-state index contributed by atoms with van der Waals surface area (Å²) in [5, 5.41) is 10.9. The number of alkyl halides is 3. The first kappa shape index (κ1) is 33.0. The van der Waals surface area contributed by atoms with Crippen molar-refractivity contribution in [2.24, 2.45) is 5.92 Å². The van der Waals surface area contributed by atoms with E-state index in [0.29, 0.717) is 21.7 Å². The zero-order valence-electron chi connectivity index (χ0n) is 25.3. The molecule has 2 bridgehead atoms. The Bertz CT molecular complexity index is 1690. The Morgan fingerprint density at radius 2 is 1.51 bits per heavy atom. The van der Waals surface area contributed by atoms with Crippen LogP contribution in [0.5, 0.6) is 5.75 Å². The molecule has 2 saturated heterocycles. The molecular formula is C36H32ClF3O7. The lowest BCUT2D eigenvalue weighted by molar-refractivity contribution is -0.330. The summed E-state index contributed by atoms with van der Waals surface area (Å²) in [5.74, 6) is -3.89. The largest absolute Gasteiger partial charge is 0.573 e. The van der Waals surface area contributed by atoms with Gasteiger partial charge in [0.25, 0.3) is 0 Å². The summed E-state index contributed by atoms with van der Waals surface area (Å²) in [4.78, 5) is 12.9. The number of carbonyl (C=O) groups is 1. The van der Waals surface area contributed by atoms with Gasteiger partial charge in [-0.15, -0.1) is 13.2 Å². The van der Waals surface area contributed by atoms with E-state index in [1.165, 1.54) is 24.3 Å². The van der Waals surface area contributed by atoms with Gasteiger partial charge in [-0.1, -0.05) is 97.4 Å². The first-order valence-electron chi connectivity index (χ1n) is 15.0. The van der Waals surface area contributed by atoms with Crippen molar-refractivity contribution in [2.45, 2.75) is 56.5 Å². The van der Waals surface area contributed by atoms with Gasteiger partial charge in [-0.2, -0.15) is 0 Å². The average Bonchev–Trinajstić information content (AvgIpc) is 3.44. The van der Waals surface area contributed by atoms with Gasteiger partial charge < -0.3 is 28.8 Å². The van der Waals surface area contributed by atoms with Crippen LogP contribution in [0.3, 0.4) is 0 Å². The predicted molar refractivity (Wildman–Crippen MR) is 166 cm³/mol. The maximum absolute atomic E-state index is 12.9. The molecule has 2 fully saturated rings. The number of aliphatic carboxylic acids is 1. The summed E-state index contributed by atoms with van der Waals surface area (Å²) in [6.45, 7) is 1.89. The van der Waals surface area contributed by atoms with Crippen molar-refractivity contribution >= 4 is 17.6 Å². The number of hydrogen-bond donors (Lipinski definition) is 1. The molecule has 246 valence electrons. The number of benzene rings is 4. The third-order valence-electron chi connectivity index (χ3n) is 8.66. The van der Waals surface area contributed by atoms with Crippen LogP contribution in [0.2, 0.25) is 5.02 Å². The summed E-state index contributed by atoms with van der Waals surface area (Å²) < 4.78 is 68.0. The van der Waals surface area contributed by atoms with Crippen molar-refractivity contribution in [2.75, 3.05) is 6.61 Å². The molecule has 4 aromatic rings. The highest BCUT2D eigenvalue weighted by atomic mass is 35.5. The normalized spacial score (nSPS) is 25.4. The Morgan fingerprint density at radius 3 is 2.11 bits per heavy atom. The topological polar surface area (TPSA) is 83.5 Å². The van der Waals surface area contributed by atoms with Crippen LogP contribution >= 0.6 is 11.6 Å². The van der Waals surface area contributed by atoms with Crippen molar-refractivity contribution in [3.05, 3.63) is 136 Å². The Morgan fingerprint density at radius 1 is 0.894 bits per heavy atom. The van der Waals surface area contributed by atoms with Gasteiger partial charge in [0.05, 0.1) is 25.9 Å². The standard InChI is InChI=1S/C36H32ClF3O7/c1-23-31(43-20-25-8-4-2-5-9-25)32(44-21-26-10-6-3-7-11-26)35(45-22-34(23,47-35)33(41)42)28-14-17-30(37)27(19-28)18-24-12-15-29(16-13-24)46-36(38,39)40/h2-17,19,23,31-32H,18,20-22H2,1H3,(H,41,42)/t23-,31-,32+,34-,35-/m0/s1. The van der Waals surface area contributed by atoms with Crippen LogP contribution in [0.4, 0.5) is 13.2 Å². The van der Waals surface area contributed by atoms with E-state index in [0.717, 1.165) is 11.1 Å². The molecule has 2 aliphatic heterocycles. The number of carboxylic acid groups (broad SMARTS) is 1. The second-order valence-electron chi connectivity index (χ2n) is 11.7. The third-order valence-corrected chi connectivity index (χ3v) is 9.02. The quantitative estimate of drug-likeness (QED) is 0.176. The van der Waals surface area contributed by atoms with Crippen LogP contribution in [0.1, 0.15) is 34.7 Å². The molecule has 2 heterocycles. The van der Waals surface area contributed by atoms with Crippen LogP contribution in [-0.4, -0.2) is 41.9 Å². The van der Waals surface area contributed by atoms with Crippen LogP contribution in [0.15, 0.2) is 103 Å². The lowest BCUT2D eigenvalue weighted by atomic mass is 9.77. The van der Waals surface area contributed by atoms with Crippen molar-refractivity contribution in [3.8, 4) is 5.75 Å². The molecule has 0 unspecified atom stereocenters. The van der Waals surface area contributed by atoms with Gasteiger partial charge in [0.2, 0.25) is 5.79 Å². The van der Waals surface area contributed by atoms with E-state index in [2.05, 4.69) is 4.74 Å². The van der Waals surface area contributed by atoms with Gasteiger partial charge in [-0.25, -0.2) is 4.79 Å². The number of carboxylic acids is 1. The Labute approximate surface area is 274 Å². The molecule has 0 saturated carbocycles. The van der Waals surface area contributed by atoms with Gasteiger partial charge in [-0.05, 0) is 52.9 Å². The van der Waals surface area contributed by atoms with Crippen molar-refractivity contribution in [3.63, 3.8) is 0 Å². The highest BCUT2D eigenvalue weighted by molar-refractivity contribution is 6.31. The number of ether oxygens (including phenoxy) is 5. The number of halogens is 4. The first-order chi connectivity index (χ1) is 22.5. The van der Waals surface area contributed by atoms with E-state index >= 15 is 0 Å². The Balaban J connectivity index is 1.37. The molecular weight excluding hydrogens is 637 g/mol. The van der Waals surface area contributed by atoms with E-state index in [9.17, 15) is 23.1 Å².